The number of carbonyl (C=O) groups is 7. The first kappa shape index (κ1) is 79.2. The van der Waals surface area contributed by atoms with Crippen LogP contribution in [0.15, 0.2) is 127 Å². The Morgan fingerprint density at radius 3 is 1.33 bits per heavy atom. The van der Waals surface area contributed by atoms with Crippen LogP contribution < -0.4 is 9.47 Å². The normalized spacial score (nSPS) is 28.4. The minimum atomic E-state index is -2.42. The number of benzene rings is 2. The highest BCUT2D eigenvalue weighted by Gasteiger charge is 2.70. The van der Waals surface area contributed by atoms with Gasteiger partial charge >= 0.3 is 4.96 Å². The number of aliphatic hydroxyl groups is 2. The minimum Gasteiger partial charge on any atom is -0.498 e. The number of allylic oxidation sites excluding steroid dienone is 3. The first-order valence-corrected chi connectivity index (χ1v) is 38.9. The maximum absolute atomic E-state index is 13.8. The van der Waals surface area contributed by atoms with Crippen molar-refractivity contribution in [2.45, 2.75) is 144 Å². The quantitative estimate of drug-likeness (QED) is 0.0801. The summed E-state index contributed by atoms with van der Waals surface area (Å²) in [5, 5.41) is 37.7. The fourth-order valence-electron chi connectivity index (χ4n) is 16.0. The molecule has 7 aliphatic carbocycles. The summed E-state index contributed by atoms with van der Waals surface area (Å²) >= 11 is 14.4. The molecule has 564 valence electrons. The molecule has 1 fully saturated rings. The molecule has 2 aliphatic heterocycles. The number of rotatable bonds is 13. The summed E-state index contributed by atoms with van der Waals surface area (Å²) in [6.07, 6.45) is 13.2. The summed E-state index contributed by atoms with van der Waals surface area (Å²) < 4.78 is 52.0. The molecule has 13 atom stereocenters. The zero-order valence-electron chi connectivity index (χ0n) is 62.0. The van der Waals surface area contributed by atoms with Crippen molar-refractivity contribution in [1.82, 2.24) is 40.2 Å². The number of carbonyl (C=O) groups excluding carboxylic acids is 7. The molecule has 9 aliphatic rings. The van der Waals surface area contributed by atoms with E-state index in [1.54, 1.807) is 47.2 Å². The molecule has 2 aromatic carbocycles. The molecule has 0 saturated carbocycles. The van der Waals surface area contributed by atoms with Gasteiger partial charge in [-0.25, -0.2) is 0 Å². The van der Waals surface area contributed by atoms with Crippen molar-refractivity contribution >= 4 is 88.1 Å². The Hall–Kier alpha value is -7.84. The van der Waals surface area contributed by atoms with Crippen LogP contribution in [0.1, 0.15) is 158 Å². The maximum Gasteiger partial charge on any atom is 0.450 e. The monoisotopic (exact) mass is 1530 g/mol. The molecule has 1 spiro atoms. The lowest BCUT2D eigenvalue weighted by molar-refractivity contribution is -0.137. The number of methoxy groups -OCH3 is 1. The van der Waals surface area contributed by atoms with Crippen molar-refractivity contribution in [1.29, 1.82) is 0 Å². The zero-order chi connectivity index (χ0) is 77.2. The molecule has 2 N–H and O–H groups in total. The second-order valence-corrected chi connectivity index (χ2v) is 36.8. The van der Waals surface area contributed by atoms with Gasteiger partial charge in [0, 0.05) is 23.7 Å². The van der Waals surface area contributed by atoms with Gasteiger partial charge in [0.05, 0.1) is 59.9 Å². The smallest absolute Gasteiger partial charge is 0.450 e. The van der Waals surface area contributed by atoms with E-state index in [0.717, 1.165) is 17.5 Å². The number of aryl methyl sites for hydroxylation is 2. The van der Waals surface area contributed by atoms with E-state index in [-0.39, 0.29) is 87.9 Å². The number of nitrogens with zero attached hydrogens (tertiary/aromatic N) is 8. The Bertz CT molecular complexity index is 4500. The highest BCUT2D eigenvalue weighted by atomic mass is 35.6. The second kappa shape index (κ2) is 30.3. The largest absolute Gasteiger partial charge is 0.498 e. The van der Waals surface area contributed by atoms with Crippen LogP contribution in [0.3, 0.4) is 0 Å². The lowest BCUT2D eigenvalue weighted by Gasteiger charge is -2.51. The number of halogens is 3. The summed E-state index contributed by atoms with van der Waals surface area (Å²) in [5.74, 6) is -2.21. The highest BCUT2D eigenvalue weighted by molar-refractivity contribution is 7.54. The van der Waals surface area contributed by atoms with Gasteiger partial charge in [-0.1, -0.05) is 110 Å². The van der Waals surface area contributed by atoms with Crippen LogP contribution in [0.25, 0.3) is 0 Å². The first-order chi connectivity index (χ1) is 50.0. The van der Waals surface area contributed by atoms with E-state index in [9.17, 15) is 43.8 Å². The number of Topliss-reactive ketones (excluding diaryl/α,β-unsaturated/α-hetero) is 4. The minimum absolute atomic E-state index is 0.0000638. The van der Waals surface area contributed by atoms with Gasteiger partial charge < -0.3 is 51.7 Å². The molecule has 106 heavy (non-hydrogen) atoms. The van der Waals surface area contributed by atoms with Crippen LogP contribution in [0.4, 0.5) is 0 Å². The standard InChI is InChI=1S/C21H22N2O5.C20H20N2O5.C20H30N2O4Si.C14H16N2O4.BCl3/c1-23(2)17-14-9-13-10-15(25-3)21(14,27-13)19(24)16-18(17)28-22-20(16)26-11-12-7-5-4-6-8-12;1-22(2)16-13-9-6-10-14(23)20(13,25)18(24)15-17(16)27-21-19(15)26-11-12-7-4-3-5-8-12;1-12-15-17(25-21-12)16(22(5)6)13-10-9-11-14(23)20(13,18(15)24)26-27(7,8)19(2,3)4;1-7-10-12(20-15-7)11(16(2)3)8-5-4-6-9(17)14(8,19)13(10)18;2-1(3)4/h4-8,10,13-14,17H,9,11H2,1-3H3;3-8,10,13,16,25H,9,11H2,1-2H3;9,11,13,16H,10H2,1-8H3;4,6,8,11,19H,5H2,1-3H3;/t13-,14+,17+,21+;2*13-,16-,20-;8-,11-,14-;/m1000./s1. The Morgan fingerprint density at radius 2 is 0.906 bits per heavy atom. The Kier molecular flexibility index (Phi) is 22.7. The topological polar surface area (TPSA) is 323 Å². The third-order valence-corrected chi connectivity index (χ3v) is 26.3. The van der Waals surface area contributed by atoms with Gasteiger partial charge in [0.25, 0.3) is 11.8 Å². The third-order valence-electron chi connectivity index (χ3n) is 21.9. The average Bonchev–Trinajstić information content (AvgIpc) is 1.49. The molecule has 0 amide bonds. The van der Waals surface area contributed by atoms with E-state index in [1.165, 1.54) is 18.2 Å². The number of ether oxygens (including phenoxy) is 4. The molecule has 0 unspecified atom stereocenters. The number of fused-ring (bicyclic) bond motifs is 8. The van der Waals surface area contributed by atoms with Gasteiger partial charge in [-0.3, -0.25) is 53.2 Å². The van der Waals surface area contributed by atoms with Crippen LogP contribution >= 0.6 is 34.4 Å². The Morgan fingerprint density at radius 1 is 0.538 bits per heavy atom. The summed E-state index contributed by atoms with van der Waals surface area (Å²) in [4.78, 5) is 98.1. The predicted octanol–water partition coefficient (Wildman–Crippen LogP) is 10.7. The lowest BCUT2D eigenvalue weighted by Crippen LogP contribution is -2.65. The fourth-order valence-corrected chi connectivity index (χ4v) is 17.5. The van der Waals surface area contributed by atoms with Crippen molar-refractivity contribution in [2.24, 2.45) is 23.7 Å². The van der Waals surface area contributed by atoms with Gasteiger partial charge in [0.1, 0.15) is 30.1 Å². The van der Waals surface area contributed by atoms with Crippen molar-refractivity contribution in [3.63, 3.8) is 0 Å². The van der Waals surface area contributed by atoms with Crippen molar-refractivity contribution in [3.8, 4) is 11.8 Å². The van der Waals surface area contributed by atoms with Crippen LogP contribution in [0, 0.1) is 37.5 Å². The van der Waals surface area contributed by atoms with E-state index in [1.807, 2.05) is 135 Å². The fraction of sp³-hybridized carbons (Fsp3) is 0.480. The first-order valence-electron chi connectivity index (χ1n) is 34.7. The van der Waals surface area contributed by atoms with Gasteiger partial charge in [-0.15, -0.1) is 0 Å². The molecule has 1 saturated heterocycles. The maximum atomic E-state index is 13.8. The molecular weight excluding hydrogens is 1450 g/mol. The molecule has 26 nitrogen and oxygen atoms in total. The van der Waals surface area contributed by atoms with E-state index < -0.39 is 76.7 Å². The molecule has 6 heterocycles. The molecule has 2 bridgehead atoms. The predicted molar refractivity (Wildman–Crippen MR) is 392 cm³/mol. The summed E-state index contributed by atoms with van der Waals surface area (Å²) in [6.45, 7) is 14.4. The molecule has 6 aromatic rings. The van der Waals surface area contributed by atoms with Gasteiger partial charge in [-0.2, -0.15) is 34.4 Å². The van der Waals surface area contributed by atoms with E-state index in [0.29, 0.717) is 77.2 Å². The van der Waals surface area contributed by atoms with E-state index in [2.05, 4.69) is 54.5 Å². The van der Waals surface area contributed by atoms with Crippen LogP contribution in [-0.2, 0) is 41.5 Å². The summed E-state index contributed by atoms with van der Waals surface area (Å²) in [5.41, 5.74) is -2.91. The zero-order valence-corrected chi connectivity index (χ0v) is 65.2. The Labute approximate surface area is 630 Å². The highest BCUT2D eigenvalue weighted by Crippen LogP contribution is 2.60. The SMILES string of the molecule is CN(C)[C@@H]1c2onc(OCc3ccccc3)c2C(=O)[C@@]2(O)C(=O)C=CC[C@@H]12.COC1=C[C@H]2C[C@H]3[C@H](N(C)C)c4onc(OCc5ccccc5)c4C(=O)[C@@]13O2.Cc1noc2c1C(=O)[C@@]1(O)C(=O)C=CC[C@H]1[C@@H]2N(C)C.Cc1noc2c1C(=O)[C@@]1(O[Si](C)(C)C(C)(C)C)C(=O)C=CC[C@H]1[C@@H]2N(C)C.ClB(Cl)Cl. The van der Waals surface area contributed by atoms with E-state index in [4.69, 9.17) is 75.8 Å². The number of hydrogen-bond acceptors (Lipinski definition) is 26. The average molecular weight is 1530 g/mol. The molecular formula is C75H88BCl3N8O18Si. The van der Waals surface area contributed by atoms with E-state index >= 15 is 0 Å². The number of ketones is 7. The van der Waals surface area contributed by atoms with Crippen molar-refractivity contribution < 1.29 is 85.2 Å². The molecule has 0 radical (unpaired) electrons. The lowest BCUT2D eigenvalue weighted by atomic mass is 9.65. The molecule has 4 aromatic heterocycles. The number of hydrogen-bond donors (Lipinski definition) is 2. The number of aromatic nitrogens is 4. The van der Waals surface area contributed by atoms with Gasteiger partial charge in [-0.05, 0) is 160 Å². The van der Waals surface area contributed by atoms with Crippen LogP contribution in [0.2, 0.25) is 18.1 Å². The van der Waals surface area contributed by atoms with Crippen molar-refractivity contribution in [2.75, 3.05) is 63.5 Å². The second-order valence-electron chi connectivity index (χ2n) is 30.1. The third kappa shape index (κ3) is 13.5. The molecule has 31 heteroatoms. The Balaban J connectivity index is 0.000000139. The van der Waals surface area contributed by atoms with Gasteiger partial charge in [0.2, 0.25) is 23.1 Å². The molecule has 15 rings (SSSR count). The van der Waals surface area contributed by atoms with Crippen LogP contribution in [-0.4, -0.2) is 196 Å². The van der Waals surface area contributed by atoms with Crippen molar-refractivity contribution in [3.05, 3.63) is 177 Å². The summed E-state index contributed by atoms with van der Waals surface area (Å²) in [7, 11) is 14.2. The van der Waals surface area contributed by atoms with Crippen LogP contribution in [0.5, 0.6) is 11.8 Å². The summed E-state index contributed by atoms with van der Waals surface area (Å²) in [6, 6.07) is 17.9. The van der Waals surface area contributed by atoms with Gasteiger partial charge in [0.15, 0.2) is 71.1 Å².